The Morgan fingerprint density at radius 1 is 1.04 bits per heavy atom. The second-order valence-corrected chi connectivity index (χ2v) is 6.19. The summed E-state index contributed by atoms with van der Waals surface area (Å²) in [5, 5.41) is 14.5. The number of ether oxygens (including phenoxy) is 1. The van der Waals surface area contributed by atoms with Crippen molar-refractivity contribution >= 4 is 16.7 Å². The van der Waals surface area contributed by atoms with E-state index in [1.807, 2.05) is 66.7 Å². The maximum Gasteiger partial charge on any atom is 0.223 e. The summed E-state index contributed by atoms with van der Waals surface area (Å²) in [6.45, 7) is 1.40. The van der Waals surface area contributed by atoms with E-state index in [-0.39, 0.29) is 17.7 Å². The van der Waals surface area contributed by atoms with Gasteiger partial charge in [0.1, 0.15) is 17.4 Å². The van der Waals surface area contributed by atoms with E-state index in [4.69, 9.17) is 4.74 Å². The zero-order chi connectivity index (χ0) is 18.1. The van der Waals surface area contributed by atoms with Crippen molar-refractivity contribution in [2.45, 2.75) is 12.8 Å². The van der Waals surface area contributed by atoms with Crippen LogP contribution in [0.5, 0.6) is 5.75 Å². The predicted octanol–water partition coefficient (Wildman–Crippen LogP) is 4.24. The average Bonchev–Trinajstić information content (AvgIpc) is 2.67. The molecule has 126 valence electrons. The van der Waals surface area contributed by atoms with Gasteiger partial charge in [-0.3, -0.25) is 10.1 Å². The van der Waals surface area contributed by atoms with E-state index in [9.17, 15) is 10.1 Å². The van der Waals surface area contributed by atoms with Gasteiger partial charge in [-0.1, -0.05) is 66.7 Å². The van der Waals surface area contributed by atoms with Crippen molar-refractivity contribution in [1.82, 2.24) is 5.32 Å². The van der Waals surface area contributed by atoms with E-state index in [0.717, 1.165) is 21.9 Å². The first-order valence-electron chi connectivity index (χ1n) is 8.35. The predicted molar refractivity (Wildman–Crippen MR) is 99.3 cm³/mol. The van der Waals surface area contributed by atoms with E-state index in [0.29, 0.717) is 11.3 Å². The maximum atomic E-state index is 11.7. The summed E-state index contributed by atoms with van der Waals surface area (Å²) in [5.74, 6) is 0.317. The number of hydrogen-bond acceptors (Lipinski definition) is 3. The van der Waals surface area contributed by atoms with Crippen molar-refractivity contribution < 1.29 is 9.53 Å². The van der Waals surface area contributed by atoms with Crippen molar-refractivity contribution in [3.05, 3.63) is 89.3 Å². The van der Waals surface area contributed by atoms with Gasteiger partial charge in [-0.25, -0.2) is 0 Å². The minimum Gasteiger partial charge on any atom is -0.439 e. The molecule has 1 amide bonds. The largest absolute Gasteiger partial charge is 0.439 e. The van der Waals surface area contributed by atoms with Gasteiger partial charge in [0.2, 0.25) is 11.8 Å². The van der Waals surface area contributed by atoms with Crippen LogP contribution in [0.15, 0.2) is 78.2 Å². The molecular formula is C22H16N2O2. The Morgan fingerprint density at radius 2 is 1.77 bits per heavy atom. The van der Waals surface area contributed by atoms with E-state index >= 15 is 0 Å². The standard InChI is InChI=1S/C22H16N2O2/c1-14(25)24-22-19(13-23)20(16-8-3-2-4-9-16)18-12-11-15-7-5-6-10-17(15)21(18)26-22/h2-12,20H,1H3,(H,24,25)/t20-/m0/s1. The second-order valence-electron chi connectivity index (χ2n) is 6.19. The molecule has 0 unspecified atom stereocenters. The number of rotatable bonds is 2. The highest BCUT2D eigenvalue weighted by molar-refractivity contribution is 5.91. The van der Waals surface area contributed by atoms with Crippen molar-refractivity contribution in [1.29, 1.82) is 5.26 Å². The molecule has 0 spiro atoms. The molecule has 0 saturated carbocycles. The van der Waals surface area contributed by atoms with Gasteiger partial charge in [-0.15, -0.1) is 0 Å². The Labute approximate surface area is 151 Å². The summed E-state index contributed by atoms with van der Waals surface area (Å²) < 4.78 is 6.04. The number of fused-ring (bicyclic) bond motifs is 3. The number of nitrogens with zero attached hydrogens (tertiary/aromatic N) is 1. The first-order valence-corrected chi connectivity index (χ1v) is 8.35. The molecule has 0 aliphatic carbocycles. The topological polar surface area (TPSA) is 62.1 Å². The third-order valence-corrected chi connectivity index (χ3v) is 4.50. The van der Waals surface area contributed by atoms with E-state index < -0.39 is 0 Å². The second kappa shape index (κ2) is 6.38. The van der Waals surface area contributed by atoms with Crippen LogP contribution in [0, 0.1) is 11.3 Å². The molecule has 26 heavy (non-hydrogen) atoms. The molecular weight excluding hydrogens is 324 g/mol. The van der Waals surface area contributed by atoms with Gasteiger partial charge in [0.05, 0.1) is 5.92 Å². The molecule has 4 heteroatoms. The molecule has 1 aliphatic rings. The van der Waals surface area contributed by atoms with E-state index in [1.54, 1.807) is 0 Å². The minimum atomic E-state index is -0.295. The Hall–Kier alpha value is -3.58. The molecule has 1 aliphatic heterocycles. The number of allylic oxidation sites excluding steroid dienone is 1. The van der Waals surface area contributed by atoms with Gasteiger partial charge in [-0.2, -0.15) is 5.26 Å². The summed E-state index contributed by atoms with van der Waals surface area (Å²) in [6, 6.07) is 24.0. The molecule has 1 N–H and O–H groups in total. The van der Waals surface area contributed by atoms with Crippen LogP contribution in [0.1, 0.15) is 24.0 Å². The number of carbonyl (C=O) groups is 1. The molecule has 3 aromatic carbocycles. The molecule has 3 aromatic rings. The molecule has 0 saturated heterocycles. The highest BCUT2D eigenvalue weighted by Crippen LogP contribution is 2.45. The Bertz CT molecular complexity index is 1080. The van der Waals surface area contributed by atoms with Crippen molar-refractivity contribution in [3.63, 3.8) is 0 Å². The zero-order valence-electron chi connectivity index (χ0n) is 14.2. The maximum absolute atomic E-state index is 11.7. The number of nitrogens with one attached hydrogen (secondary N) is 1. The van der Waals surface area contributed by atoms with Crippen LogP contribution in [0.2, 0.25) is 0 Å². The monoisotopic (exact) mass is 340 g/mol. The summed E-state index contributed by atoms with van der Waals surface area (Å²) in [4.78, 5) is 11.7. The third-order valence-electron chi connectivity index (χ3n) is 4.50. The first kappa shape index (κ1) is 15.9. The summed E-state index contributed by atoms with van der Waals surface area (Å²) >= 11 is 0. The highest BCUT2D eigenvalue weighted by atomic mass is 16.5. The SMILES string of the molecule is CC(=O)NC1=C(C#N)[C@@H](c2ccccc2)c2ccc3ccccc3c2O1. The van der Waals surface area contributed by atoms with Crippen molar-refractivity contribution in [2.24, 2.45) is 0 Å². The molecule has 0 aromatic heterocycles. The van der Waals surface area contributed by atoms with Crippen LogP contribution >= 0.6 is 0 Å². The van der Waals surface area contributed by atoms with Crippen LogP contribution in [0.4, 0.5) is 0 Å². The van der Waals surface area contributed by atoms with Gasteiger partial charge in [0.15, 0.2) is 0 Å². The van der Waals surface area contributed by atoms with Crippen LogP contribution in [-0.2, 0) is 4.79 Å². The third kappa shape index (κ3) is 2.60. The molecule has 0 fully saturated rings. The normalized spacial score (nSPS) is 15.8. The molecule has 4 rings (SSSR count). The number of hydrogen-bond donors (Lipinski definition) is 1. The number of benzene rings is 3. The highest BCUT2D eigenvalue weighted by Gasteiger charge is 2.32. The van der Waals surface area contributed by atoms with E-state index in [2.05, 4.69) is 11.4 Å². The fraction of sp³-hybridized carbons (Fsp3) is 0.0909. The van der Waals surface area contributed by atoms with Crippen LogP contribution in [0.25, 0.3) is 10.8 Å². The fourth-order valence-corrected chi connectivity index (χ4v) is 3.40. The Morgan fingerprint density at radius 3 is 2.50 bits per heavy atom. The Kier molecular flexibility index (Phi) is 3.91. The summed E-state index contributed by atoms with van der Waals surface area (Å²) in [6.07, 6.45) is 0. The van der Waals surface area contributed by atoms with E-state index in [1.165, 1.54) is 6.92 Å². The van der Waals surface area contributed by atoms with Crippen molar-refractivity contribution in [3.8, 4) is 11.8 Å². The van der Waals surface area contributed by atoms with Crippen LogP contribution in [0.3, 0.4) is 0 Å². The average molecular weight is 340 g/mol. The molecule has 1 heterocycles. The lowest BCUT2D eigenvalue weighted by Gasteiger charge is -2.29. The zero-order valence-corrected chi connectivity index (χ0v) is 14.2. The molecule has 0 radical (unpaired) electrons. The molecule has 1 atom stereocenters. The smallest absolute Gasteiger partial charge is 0.223 e. The lowest BCUT2D eigenvalue weighted by Crippen LogP contribution is -2.29. The lowest BCUT2D eigenvalue weighted by molar-refractivity contribution is -0.118. The summed E-state index contributed by atoms with van der Waals surface area (Å²) in [7, 11) is 0. The van der Waals surface area contributed by atoms with Gasteiger partial charge in [-0.05, 0) is 10.9 Å². The summed E-state index contributed by atoms with van der Waals surface area (Å²) in [5.41, 5.74) is 2.29. The fourth-order valence-electron chi connectivity index (χ4n) is 3.40. The lowest BCUT2D eigenvalue weighted by atomic mass is 9.82. The Balaban J connectivity index is 2.01. The number of carbonyl (C=O) groups excluding carboxylic acids is 1. The van der Waals surface area contributed by atoms with Crippen LogP contribution < -0.4 is 10.1 Å². The quantitative estimate of drug-likeness (QED) is 0.759. The van der Waals surface area contributed by atoms with Gasteiger partial charge in [0, 0.05) is 17.9 Å². The number of amides is 1. The molecule has 4 nitrogen and oxygen atoms in total. The van der Waals surface area contributed by atoms with Gasteiger partial charge in [0.25, 0.3) is 0 Å². The van der Waals surface area contributed by atoms with Gasteiger partial charge >= 0.3 is 0 Å². The van der Waals surface area contributed by atoms with Gasteiger partial charge < -0.3 is 4.74 Å². The van der Waals surface area contributed by atoms with Crippen LogP contribution in [-0.4, -0.2) is 5.91 Å². The van der Waals surface area contributed by atoms with Crippen molar-refractivity contribution in [2.75, 3.05) is 0 Å². The first-order chi connectivity index (χ1) is 12.7. The molecule has 0 bridgehead atoms. The number of nitriles is 1. The minimum absolute atomic E-state index is 0.206.